The highest BCUT2D eigenvalue weighted by atomic mass is 19.1. The molecule has 4 atom stereocenters. The fourth-order valence-electron chi connectivity index (χ4n) is 5.75. The van der Waals surface area contributed by atoms with E-state index in [0.717, 1.165) is 34.6 Å². The minimum absolute atomic E-state index is 0.196. The average Bonchev–Trinajstić information content (AvgIpc) is 2.83. The Kier molecular flexibility index (Phi) is 7.69. The fourth-order valence-corrected chi connectivity index (χ4v) is 5.75. The molecule has 2 aromatic carbocycles. The van der Waals surface area contributed by atoms with E-state index < -0.39 is 0 Å². The molecule has 2 saturated carbocycles. The first-order valence-corrected chi connectivity index (χ1v) is 12.2. The van der Waals surface area contributed by atoms with Crippen LogP contribution < -0.4 is 4.74 Å². The molecule has 0 amide bonds. The smallest absolute Gasteiger partial charge is 0.139 e. The van der Waals surface area contributed by atoms with Gasteiger partial charge in [-0.2, -0.15) is 0 Å². The van der Waals surface area contributed by atoms with E-state index in [9.17, 15) is 4.39 Å². The molecule has 32 heavy (non-hydrogen) atoms. The number of methoxy groups -OCH3 is 1. The second-order valence-corrected chi connectivity index (χ2v) is 9.57. The molecular weight excluding hydrogens is 395 g/mol. The van der Waals surface area contributed by atoms with Gasteiger partial charge >= 0.3 is 0 Å². The van der Waals surface area contributed by atoms with Crippen LogP contribution in [0.5, 0.6) is 5.75 Å². The maximum Gasteiger partial charge on any atom is 0.139 e. The first kappa shape index (κ1) is 22.7. The van der Waals surface area contributed by atoms with Crippen molar-refractivity contribution in [1.29, 1.82) is 0 Å². The first-order chi connectivity index (χ1) is 15.7. The van der Waals surface area contributed by atoms with Crippen LogP contribution >= 0.6 is 0 Å². The summed E-state index contributed by atoms with van der Waals surface area (Å²) in [5, 5.41) is 0. The molecule has 0 radical (unpaired) electrons. The molecule has 0 spiro atoms. The lowest BCUT2D eigenvalue weighted by atomic mass is 9.63. The van der Waals surface area contributed by atoms with Crippen molar-refractivity contribution in [3.05, 3.63) is 77.1 Å². The van der Waals surface area contributed by atoms with Crippen molar-refractivity contribution in [1.82, 2.24) is 0 Å². The number of hydrogen-bond acceptors (Lipinski definition) is 1. The Morgan fingerprint density at radius 3 is 2.50 bits per heavy atom. The highest BCUT2D eigenvalue weighted by Gasteiger charge is 2.35. The highest BCUT2D eigenvalue weighted by molar-refractivity contribution is 5.45. The van der Waals surface area contributed by atoms with Crippen molar-refractivity contribution in [2.75, 3.05) is 7.11 Å². The van der Waals surface area contributed by atoms with Crippen LogP contribution in [0.3, 0.4) is 0 Å². The van der Waals surface area contributed by atoms with Gasteiger partial charge in [0.1, 0.15) is 11.6 Å². The summed E-state index contributed by atoms with van der Waals surface area (Å²) in [6, 6.07) is 13.2. The number of fused-ring (bicyclic) bond motifs is 1. The Morgan fingerprint density at radius 1 is 0.969 bits per heavy atom. The SMILES string of the molecule is C/C=C/CCC1CCC2CC(c3ccc(C#Cc4ccc(OC)cc4)c(F)c3)CCC2C1. The summed E-state index contributed by atoms with van der Waals surface area (Å²) in [5.74, 6) is 9.77. The average molecular weight is 431 g/mol. The predicted molar refractivity (Wildman–Crippen MR) is 130 cm³/mol. The third-order valence-corrected chi connectivity index (χ3v) is 7.59. The van der Waals surface area contributed by atoms with Gasteiger partial charge in [-0.3, -0.25) is 0 Å². The minimum Gasteiger partial charge on any atom is -0.497 e. The van der Waals surface area contributed by atoms with E-state index in [1.807, 2.05) is 30.3 Å². The van der Waals surface area contributed by atoms with Gasteiger partial charge in [0.25, 0.3) is 0 Å². The Morgan fingerprint density at radius 2 is 1.75 bits per heavy atom. The van der Waals surface area contributed by atoms with Crippen LogP contribution in [-0.4, -0.2) is 7.11 Å². The van der Waals surface area contributed by atoms with Crippen molar-refractivity contribution in [3.63, 3.8) is 0 Å². The van der Waals surface area contributed by atoms with Crippen LogP contribution in [-0.2, 0) is 0 Å². The Balaban J connectivity index is 1.36. The fraction of sp³-hybridized carbons (Fsp3) is 0.467. The van der Waals surface area contributed by atoms with E-state index >= 15 is 0 Å². The lowest BCUT2D eigenvalue weighted by Gasteiger charge is -2.42. The summed E-state index contributed by atoms with van der Waals surface area (Å²) < 4.78 is 20.0. The Hall–Kier alpha value is -2.53. The van der Waals surface area contributed by atoms with Crippen LogP contribution in [0.2, 0.25) is 0 Å². The highest BCUT2D eigenvalue weighted by Crippen LogP contribution is 2.48. The molecule has 4 unspecified atom stereocenters. The van der Waals surface area contributed by atoms with E-state index in [-0.39, 0.29) is 5.82 Å². The predicted octanol–water partition coefficient (Wildman–Crippen LogP) is 7.89. The van der Waals surface area contributed by atoms with E-state index in [4.69, 9.17) is 4.74 Å². The molecule has 168 valence electrons. The zero-order chi connectivity index (χ0) is 22.3. The van der Waals surface area contributed by atoms with E-state index in [1.165, 1.54) is 51.4 Å². The third kappa shape index (κ3) is 5.63. The van der Waals surface area contributed by atoms with Gasteiger partial charge in [-0.1, -0.05) is 36.5 Å². The number of ether oxygens (including phenoxy) is 1. The maximum atomic E-state index is 14.8. The van der Waals surface area contributed by atoms with Gasteiger partial charge in [0, 0.05) is 5.56 Å². The summed E-state index contributed by atoms with van der Waals surface area (Å²) in [7, 11) is 1.64. The molecule has 2 aromatic rings. The number of benzene rings is 2. The van der Waals surface area contributed by atoms with Crippen molar-refractivity contribution in [3.8, 4) is 17.6 Å². The van der Waals surface area contributed by atoms with Crippen molar-refractivity contribution in [2.24, 2.45) is 17.8 Å². The number of halogens is 1. The summed E-state index contributed by atoms with van der Waals surface area (Å²) in [6.45, 7) is 2.11. The lowest BCUT2D eigenvalue weighted by molar-refractivity contribution is 0.115. The van der Waals surface area contributed by atoms with Crippen molar-refractivity contribution in [2.45, 2.75) is 64.2 Å². The largest absolute Gasteiger partial charge is 0.497 e. The van der Waals surface area contributed by atoms with Gasteiger partial charge in [-0.05, 0) is 118 Å². The molecule has 2 fully saturated rings. The topological polar surface area (TPSA) is 9.23 Å². The molecule has 0 bridgehead atoms. The zero-order valence-corrected chi connectivity index (χ0v) is 19.4. The quantitative estimate of drug-likeness (QED) is 0.346. The van der Waals surface area contributed by atoms with Crippen molar-refractivity contribution >= 4 is 0 Å². The van der Waals surface area contributed by atoms with Gasteiger partial charge in [0.15, 0.2) is 0 Å². The van der Waals surface area contributed by atoms with Crippen LogP contribution in [0.15, 0.2) is 54.6 Å². The normalized spacial score (nSPS) is 25.1. The van der Waals surface area contributed by atoms with E-state index in [1.54, 1.807) is 13.2 Å². The number of allylic oxidation sites excluding steroid dienone is 2. The van der Waals surface area contributed by atoms with E-state index in [0.29, 0.717) is 11.5 Å². The summed E-state index contributed by atoms with van der Waals surface area (Å²) in [6.07, 6.45) is 14.9. The zero-order valence-electron chi connectivity index (χ0n) is 19.4. The summed E-state index contributed by atoms with van der Waals surface area (Å²) >= 11 is 0. The van der Waals surface area contributed by atoms with Crippen LogP contribution in [0.25, 0.3) is 0 Å². The molecule has 0 aliphatic heterocycles. The van der Waals surface area contributed by atoms with Crippen molar-refractivity contribution < 1.29 is 9.13 Å². The second kappa shape index (κ2) is 10.9. The molecule has 2 aliphatic rings. The lowest BCUT2D eigenvalue weighted by Crippen LogP contribution is -2.30. The summed E-state index contributed by atoms with van der Waals surface area (Å²) in [5.41, 5.74) is 2.49. The molecule has 0 saturated heterocycles. The van der Waals surface area contributed by atoms with Gasteiger partial charge in [0.2, 0.25) is 0 Å². The van der Waals surface area contributed by atoms with Crippen LogP contribution in [0.1, 0.15) is 80.9 Å². The van der Waals surface area contributed by atoms with Gasteiger partial charge < -0.3 is 4.74 Å². The number of rotatable bonds is 5. The second-order valence-electron chi connectivity index (χ2n) is 9.57. The molecule has 2 aliphatic carbocycles. The number of hydrogen-bond donors (Lipinski definition) is 0. The first-order valence-electron chi connectivity index (χ1n) is 12.2. The van der Waals surface area contributed by atoms with Gasteiger partial charge in [0.05, 0.1) is 12.7 Å². The van der Waals surface area contributed by atoms with E-state index in [2.05, 4.69) is 37.0 Å². The van der Waals surface area contributed by atoms with Crippen LogP contribution in [0, 0.1) is 35.4 Å². The summed E-state index contributed by atoms with van der Waals surface area (Å²) in [4.78, 5) is 0. The molecular formula is C30H35FO. The molecule has 0 aromatic heterocycles. The Bertz CT molecular complexity index is 978. The minimum atomic E-state index is -0.196. The Labute approximate surface area is 193 Å². The molecule has 0 heterocycles. The van der Waals surface area contributed by atoms with Crippen LogP contribution in [0.4, 0.5) is 4.39 Å². The van der Waals surface area contributed by atoms with Gasteiger partial charge in [-0.25, -0.2) is 4.39 Å². The monoisotopic (exact) mass is 430 g/mol. The molecule has 2 heteroatoms. The molecule has 0 N–H and O–H groups in total. The molecule has 4 rings (SSSR count). The third-order valence-electron chi connectivity index (χ3n) is 7.59. The maximum absolute atomic E-state index is 14.8. The van der Waals surface area contributed by atoms with Gasteiger partial charge in [-0.15, -0.1) is 0 Å². The molecule has 1 nitrogen and oxygen atoms in total. The standard InChI is InChI=1S/C30H35FO/c1-3-4-5-6-23-8-12-26-20-27(16-15-25(26)19-23)28-14-13-24(30(31)21-28)11-7-22-9-17-29(32-2)18-10-22/h3-4,9-10,13-14,17-18,21,23,25-27H,5-6,8,12,15-16,19-20H2,1-2H3/b4-3+.